The lowest BCUT2D eigenvalue weighted by atomic mass is 9.88. The van der Waals surface area contributed by atoms with E-state index in [4.69, 9.17) is 9.47 Å². The smallest absolute Gasteiger partial charge is 0.0576 e. The Kier molecular flexibility index (Phi) is 10.9. The van der Waals surface area contributed by atoms with E-state index in [0.29, 0.717) is 18.1 Å². The van der Waals surface area contributed by atoms with Gasteiger partial charge in [-0.25, -0.2) is 0 Å². The lowest BCUT2D eigenvalue weighted by molar-refractivity contribution is -0.0397. The van der Waals surface area contributed by atoms with Crippen LogP contribution < -0.4 is 0 Å². The van der Waals surface area contributed by atoms with Gasteiger partial charge in [-0.1, -0.05) is 77.1 Å². The summed E-state index contributed by atoms with van der Waals surface area (Å²) in [4.78, 5) is 0. The molecule has 0 saturated carbocycles. The van der Waals surface area contributed by atoms with Crippen molar-refractivity contribution in [2.45, 2.75) is 122 Å². The maximum absolute atomic E-state index is 6.26. The molecule has 0 aromatic heterocycles. The average molecular weight is 429 g/mol. The number of hydrogen-bond acceptors (Lipinski definition) is 2. The van der Waals surface area contributed by atoms with Crippen LogP contribution in [0.3, 0.4) is 0 Å². The van der Waals surface area contributed by atoms with E-state index in [1.165, 1.54) is 94.6 Å². The molecule has 1 aromatic carbocycles. The van der Waals surface area contributed by atoms with Gasteiger partial charge in [0, 0.05) is 12.5 Å². The summed E-state index contributed by atoms with van der Waals surface area (Å²) in [7, 11) is 0. The Morgan fingerprint density at radius 2 is 1.55 bits per heavy atom. The number of hydrogen-bond donors (Lipinski definition) is 0. The van der Waals surface area contributed by atoms with Crippen LogP contribution in [0.1, 0.15) is 115 Å². The molecule has 2 nitrogen and oxygen atoms in total. The first kappa shape index (κ1) is 24.8. The molecule has 2 saturated heterocycles. The highest BCUT2D eigenvalue weighted by Gasteiger charge is 2.25. The number of benzene rings is 1. The summed E-state index contributed by atoms with van der Waals surface area (Å²) in [5.41, 5.74) is 2.97. The van der Waals surface area contributed by atoms with Gasteiger partial charge in [0.15, 0.2) is 0 Å². The fourth-order valence-corrected chi connectivity index (χ4v) is 5.43. The molecule has 2 aliphatic rings. The van der Waals surface area contributed by atoms with E-state index in [1.807, 2.05) is 0 Å². The zero-order valence-electron chi connectivity index (χ0n) is 20.6. The van der Waals surface area contributed by atoms with E-state index >= 15 is 0 Å². The standard InChI is InChI=1S/C29H48O2/c1-4-8-23(2)9-6-5-7-10-25-12-14-26(15-13-25)27-16-18-29(31-22-27)20-19-28-17-11-24(3)21-30-28/h12-15,23-24,27-29H,4-11,16-22H2,1-3H3. The van der Waals surface area contributed by atoms with Crippen LogP contribution in [-0.2, 0) is 15.9 Å². The highest BCUT2D eigenvalue weighted by Crippen LogP contribution is 2.31. The first-order valence-electron chi connectivity index (χ1n) is 13.5. The Morgan fingerprint density at radius 3 is 2.16 bits per heavy atom. The highest BCUT2D eigenvalue weighted by molar-refractivity contribution is 5.26. The van der Waals surface area contributed by atoms with Crippen LogP contribution >= 0.6 is 0 Å². The number of rotatable bonds is 12. The summed E-state index contributed by atoms with van der Waals surface area (Å²) in [5.74, 6) is 2.23. The van der Waals surface area contributed by atoms with Gasteiger partial charge in [0.2, 0.25) is 0 Å². The van der Waals surface area contributed by atoms with E-state index in [1.54, 1.807) is 0 Å². The van der Waals surface area contributed by atoms with E-state index in [-0.39, 0.29) is 0 Å². The molecule has 2 fully saturated rings. The largest absolute Gasteiger partial charge is 0.378 e. The molecule has 31 heavy (non-hydrogen) atoms. The van der Waals surface area contributed by atoms with Crippen molar-refractivity contribution in [2.75, 3.05) is 13.2 Å². The van der Waals surface area contributed by atoms with Crippen LogP contribution in [0.15, 0.2) is 24.3 Å². The Morgan fingerprint density at radius 1 is 0.839 bits per heavy atom. The SMILES string of the molecule is CCCC(C)CCCCCc1ccc(C2CCC(CCC3CCC(C)CO3)OC2)cc1. The highest BCUT2D eigenvalue weighted by atomic mass is 16.5. The molecule has 0 radical (unpaired) electrons. The second-order valence-electron chi connectivity index (χ2n) is 10.7. The molecule has 2 heterocycles. The van der Waals surface area contributed by atoms with Crippen LogP contribution in [0, 0.1) is 11.8 Å². The Balaban J connectivity index is 1.29. The molecule has 5 atom stereocenters. The van der Waals surface area contributed by atoms with Gasteiger partial charge in [-0.15, -0.1) is 0 Å². The van der Waals surface area contributed by atoms with Crippen LogP contribution in [0.4, 0.5) is 0 Å². The molecule has 0 bridgehead atoms. The fraction of sp³-hybridized carbons (Fsp3) is 0.793. The van der Waals surface area contributed by atoms with Crippen LogP contribution in [0.5, 0.6) is 0 Å². The maximum atomic E-state index is 6.26. The fourth-order valence-electron chi connectivity index (χ4n) is 5.43. The second kappa shape index (κ2) is 13.6. The third-order valence-corrected chi connectivity index (χ3v) is 7.67. The third kappa shape index (κ3) is 8.89. The topological polar surface area (TPSA) is 18.5 Å². The normalized spacial score (nSPS) is 27.8. The second-order valence-corrected chi connectivity index (χ2v) is 10.7. The van der Waals surface area contributed by atoms with Crippen molar-refractivity contribution < 1.29 is 9.47 Å². The van der Waals surface area contributed by atoms with Crippen molar-refractivity contribution in [2.24, 2.45) is 11.8 Å². The van der Waals surface area contributed by atoms with Crippen LogP contribution in [-0.4, -0.2) is 25.4 Å². The van der Waals surface area contributed by atoms with Crippen LogP contribution in [0.25, 0.3) is 0 Å². The summed E-state index contributed by atoms with van der Waals surface area (Å²) < 4.78 is 12.2. The van der Waals surface area contributed by atoms with Crippen molar-refractivity contribution >= 4 is 0 Å². The Bertz CT molecular complexity index is 579. The number of ether oxygens (including phenoxy) is 2. The van der Waals surface area contributed by atoms with Gasteiger partial charge in [-0.05, 0) is 74.3 Å². The van der Waals surface area contributed by atoms with Crippen molar-refractivity contribution in [1.29, 1.82) is 0 Å². The molecule has 3 rings (SSSR count). The molecule has 0 aliphatic carbocycles. The van der Waals surface area contributed by atoms with E-state index in [0.717, 1.165) is 25.0 Å². The quantitative estimate of drug-likeness (QED) is 0.313. The molecule has 5 unspecified atom stereocenters. The predicted octanol–water partition coefficient (Wildman–Crippen LogP) is 8.08. The minimum Gasteiger partial charge on any atom is -0.378 e. The minimum absolute atomic E-state index is 0.443. The van der Waals surface area contributed by atoms with Gasteiger partial charge in [0.05, 0.1) is 18.8 Å². The van der Waals surface area contributed by atoms with Gasteiger partial charge in [-0.3, -0.25) is 0 Å². The minimum atomic E-state index is 0.443. The lowest BCUT2D eigenvalue weighted by Crippen LogP contribution is -2.28. The first-order valence-corrected chi connectivity index (χ1v) is 13.5. The zero-order valence-corrected chi connectivity index (χ0v) is 20.6. The predicted molar refractivity (Wildman–Crippen MR) is 132 cm³/mol. The zero-order chi connectivity index (χ0) is 21.9. The molecular weight excluding hydrogens is 380 g/mol. The van der Waals surface area contributed by atoms with Crippen molar-refractivity contribution in [3.05, 3.63) is 35.4 Å². The lowest BCUT2D eigenvalue weighted by Gasteiger charge is -2.32. The van der Waals surface area contributed by atoms with E-state index in [9.17, 15) is 0 Å². The first-order chi connectivity index (χ1) is 15.1. The average Bonchev–Trinajstić information content (AvgIpc) is 2.79. The monoisotopic (exact) mass is 428 g/mol. The molecular formula is C29H48O2. The van der Waals surface area contributed by atoms with Gasteiger partial charge in [-0.2, -0.15) is 0 Å². The van der Waals surface area contributed by atoms with Crippen molar-refractivity contribution in [1.82, 2.24) is 0 Å². The number of unbranched alkanes of at least 4 members (excludes halogenated alkanes) is 2. The Hall–Kier alpha value is -0.860. The van der Waals surface area contributed by atoms with Gasteiger partial charge in [0.1, 0.15) is 0 Å². The molecule has 1 aromatic rings. The molecule has 0 amide bonds. The van der Waals surface area contributed by atoms with Crippen molar-refractivity contribution in [3.63, 3.8) is 0 Å². The molecule has 0 spiro atoms. The molecule has 0 N–H and O–H groups in total. The molecule has 2 aliphatic heterocycles. The Labute approximate surface area is 192 Å². The summed E-state index contributed by atoms with van der Waals surface area (Å²) in [5, 5.41) is 0. The third-order valence-electron chi connectivity index (χ3n) is 7.67. The summed E-state index contributed by atoms with van der Waals surface area (Å²) >= 11 is 0. The molecule has 176 valence electrons. The van der Waals surface area contributed by atoms with Gasteiger partial charge < -0.3 is 9.47 Å². The van der Waals surface area contributed by atoms with E-state index < -0.39 is 0 Å². The summed E-state index contributed by atoms with van der Waals surface area (Å²) in [6, 6.07) is 9.46. The maximum Gasteiger partial charge on any atom is 0.0576 e. The van der Waals surface area contributed by atoms with E-state index in [2.05, 4.69) is 45.0 Å². The summed E-state index contributed by atoms with van der Waals surface area (Å²) in [6.45, 7) is 8.84. The summed E-state index contributed by atoms with van der Waals surface area (Å²) in [6.07, 6.45) is 17.7. The number of aryl methyl sites for hydroxylation is 1. The van der Waals surface area contributed by atoms with Gasteiger partial charge >= 0.3 is 0 Å². The van der Waals surface area contributed by atoms with Gasteiger partial charge in [0.25, 0.3) is 0 Å². The van der Waals surface area contributed by atoms with Crippen LogP contribution in [0.2, 0.25) is 0 Å². The molecule has 2 heteroatoms. The van der Waals surface area contributed by atoms with Crippen molar-refractivity contribution in [3.8, 4) is 0 Å².